The minimum atomic E-state index is -0.322. The van der Waals surface area contributed by atoms with Crippen molar-refractivity contribution in [2.75, 3.05) is 25.0 Å². The standard InChI is InChI=1S/C27H27N3O4/c31-25(30-17-15-21(16-18-30)27(33)29-22-7-3-1-4-8-22)19-28-26(32)20-11-13-24(14-12-20)34-23-9-5-2-6-10-23/h1-14,21H,15-19H2,(H,28,32)(H,29,33). The molecule has 1 aliphatic rings. The molecule has 0 atom stereocenters. The summed E-state index contributed by atoms with van der Waals surface area (Å²) < 4.78 is 5.73. The lowest BCUT2D eigenvalue weighted by Gasteiger charge is -2.31. The quantitative estimate of drug-likeness (QED) is 0.560. The number of nitrogens with one attached hydrogen (secondary N) is 2. The highest BCUT2D eigenvalue weighted by atomic mass is 16.5. The van der Waals surface area contributed by atoms with Crippen LogP contribution >= 0.6 is 0 Å². The Hall–Kier alpha value is -4.13. The third kappa shape index (κ3) is 6.22. The molecule has 0 aromatic heterocycles. The smallest absolute Gasteiger partial charge is 0.251 e. The summed E-state index contributed by atoms with van der Waals surface area (Å²) in [6, 6.07) is 25.5. The molecule has 174 valence electrons. The zero-order chi connectivity index (χ0) is 23.8. The molecule has 0 radical (unpaired) electrons. The molecule has 2 N–H and O–H groups in total. The number of para-hydroxylation sites is 2. The van der Waals surface area contributed by atoms with Crippen LogP contribution in [0.1, 0.15) is 23.2 Å². The number of hydrogen-bond acceptors (Lipinski definition) is 4. The predicted molar refractivity (Wildman–Crippen MR) is 130 cm³/mol. The molecule has 7 heteroatoms. The van der Waals surface area contributed by atoms with Gasteiger partial charge >= 0.3 is 0 Å². The van der Waals surface area contributed by atoms with Gasteiger partial charge in [-0.3, -0.25) is 14.4 Å². The van der Waals surface area contributed by atoms with Crippen molar-refractivity contribution in [2.45, 2.75) is 12.8 Å². The van der Waals surface area contributed by atoms with Crippen molar-refractivity contribution >= 4 is 23.4 Å². The molecule has 3 aromatic rings. The molecule has 1 fully saturated rings. The first kappa shape index (κ1) is 23.0. The molecular weight excluding hydrogens is 430 g/mol. The second kappa shape index (κ2) is 11.1. The van der Waals surface area contributed by atoms with Gasteiger partial charge in [0.25, 0.3) is 5.91 Å². The lowest BCUT2D eigenvalue weighted by atomic mass is 9.95. The first-order valence-corrected chi connectivity index (χ1v) is 11.3. The Morgan fingerprint density at radius 1 is 0.794 bits per heavy atom. The Balaban J connectivity index is 1.20. The van der Waals surface area contributed by atoms with Crippen LogP contribution in [0.3, 0.4) is 0 Å². The van der Waals surface area contributed by atoms with Crippen LogP contribution in [0.25, 0.3) is 0 Å². The van der Waals surface area contributed by atoms with E-state index >= 15 is 0 Å². The van der Waals surface area contributed by atoms with Gasteiger partial charge in [-0.2, -0.15) is 0 Å². The summed E-state index contributed by atoms with van der Waals surface area (Å²) in [7, 11) is 0. The number of anilines is 1. The van der Waals surface area contributed by atoms with E-state index in [4.69, 9.17) is 4.74 Å². The first-order valence-electron chi connectivity index (χ1n) is 11.3. The molecule has 4 rings (SSSR count). The molecule has 1 aliphatic heterocycles. The third-order valence-electron chi connectivity index (χ3n) is 5.76. The normalized spacial score (nSPS) is 13.7. The van der Waals surface area contributed by atoms with Gasteiger partial charge < -0.3 is 20.3 Å². The van der Waals surface area contributed by atoms with Gasteiger partial charge in [0.05, 0.1) is 6.54 Å². The van der Waals surface area contributed by atoms with E-state index in [0.29, 0.717) is 43.0 Å². The lowest BCUT2D eigenvalue weighted by molar-refractivity contribution is -0.133. The zero-order valence-corrected chi connectivity index (χ0v) is 18.8. The highest BCUT2D eigenvalue weighted by Gasteiger charge is 2.27. The monoisotopic (exact) mass is 457 g/mol. The van der Waals surface area contributed by atoms with Gasteiger partial charge in [-0.25, -0.2) is 0 Å². The van der Waals surface area contributed by atoms with Crippen molar-refractivity contribution in [3.05, 3.63) is 90.5 Å². The second-order valence-corrected chi connectivity index (χ2v) is 8.13. The van der Waals surface area contributed by atoms with Gasteiger partial charge in [0, 0.05) is 30.3 Å². The minimum Gasteiger partial charge on any atom is -0.457 e. The predicted octanol–water partition coefficient (Wildman–Crippen LogP) is 4.09. The van der Waals surface area contributed by atoms with Gasteiger partial charge in [0.15, 0.2) is 0 Å². The lowest BCUT2D eigenvalue weighted by Crippen LogP contribution is -2.45. The number of ether oxygens (including phenoxy) is 1. The van der Waals surface area contributed by atoms with Gasteiger partial charge in [-0.15, -0.1) is 0 Å². The Kier molecular flexibility index (Phi) is 7.55. The van der Waals surface area contributed by atoms with E-state index in [0.717, 1.165) is 5.69 Å². The molecule has 3 aromatic carbocycles. The van der Waals surface area contributed by atoms with Crippen LogP contribution in [0, 0.1) is 5.92 Å². The van der Waals surface area contributed by atoms with E-state index in [-0.39, 0.29) is 30.2 Å². The van der Waals surface area contributed by atoms with Crippen molar-refractivity contribution in [2.24, 2.45) is 5.92 Å². The fourth-order valence-electron chi connectivity index (χ4n) is 3.83. The number of benzene rings is 3. The summed E-state index contributed by atoms with van der Waals surface area (Å²) in [4.78, 5) is 39.1. The minimum absolute atomic E-state index is 0.0220. The molecule has 7 nitrogen and oxygen atoms in total. The fraction of sp³-hybridized carbons (Fsp3) is 0.222. The van der Waals surface area contributed by atoms with Crippen molar-refractivity contribution in [1.29, 1.82) is 0 Å². The van der Waals surface area contributed by atoms with E-state index in [1.807, 2.05) is 60.7 Å². The van der Waals surface area contributed by atoms with Crippen molar-refractivity contribution in [3.63, 3.8) is 0 Å². The fourth-order valence-corrected chi connectivity index (χ4v) is 3.83. The average molecular weight is 458 g/mol. The van der Waals surface area contributed by atoms with Crippen LogP contribution < -0.4 is 15.4 Å². The first-order chi connectivity index (χ1) is 16.6. The average Bonchev–Trinajstić information content (AvgIpc) is 2.89. The van der Waals surface area contributed by atoms with E-state index in [2.05, 4.69) is 10.6 Å². The largest absolute Gasteiger partial charge is 0.457 e. The number of rotatable bonds is 7. The van der Waals surface area contributed by atoms with Crippen LogP contribution in [-0.4, -0.2) is 42.3 Å². The molecule has 1 heterocycles. The van der Waals surface area contributed by atoms with Crippen LogP contribution in [0.5, 0.6) is 11.5 Å². The molecule has 0 aliphatic carbocycles. The van der Waals surface area contributed by atoms with E-state index in [1.165, 1.54) is 0 Å². The SMILES string of the molecule is O=C(NCC(=O)N1CCC(C(=O)Nc2ccccc2)CC1)c1ccc(Oc2ccccc2)cc1. The highest BCUT2D eigenvalue weighted by molar-refractivity contribution is 5.96. The summed E-state index contributed by atoms with van der Waals surface area (Å²) in [5, 5.41) is 5.60. The van der Waals surface area contributed by atoms with Crippen LogP contribution in [0.4, 0.5) is 5.69 Å². The maximum absolute atomic E-state index is 12.5. The Labute approximate surface area is 198 Å². The van der Waals surface area contributed by atoms with E-state index in [1.54, 1.807) is 29.2 Å². The Morgan fingerprint density at radius 3 is 2.03 bits per heavy atom. The maximum Gasteiger partial charge on any atom is 0.251 e. The second-order valence-electron chi connectivity index (χ2n) is 8.13. The van der Waals surface area contributed by atoms with E-state index < -0.39 is 0 Å². The number of piperidine rings is 1. The van der Waals surface area contributed by atoms with Gasteiger partial charge in [-0.1, -0.05) is 36.4 Å². The number of nitrogens with zero attached hydrogens (tertiary/aromatic N) is 1. The molecule has 0 unspecified atom stereocenters. The molecule has 34 heavy (non-hydrogen) atoms. The van der Waals surface area contributed by atoms with Crippen molar-refractivity contribution < 1.29 is 19.1 Å². The zero-order valence-electron chi connectivity index (χ0n) is 18.8. The number of carbonyl (C=O) groups excluding carboxylic acids is 3. The summed E-state index contributed by atoms with van der Waals surface area (Å²) in [6.07, 6.45) is 1.20. The van der Waals surface area contributed by atoms with Crippen LogP contribution in [-0.2, 0) is 9.59 Å². The molecule has 3 amide bonds. The van der Waals surface area contributed by atoms with Gasteiger partial charge in [0.1, 0.15) is 11.5 Å². The summed E-state index contributed by atoms with van der Waals surface area (Å²) >= 11 is 0. The van der Waals surface area contributed by atoms with E-state index in [9.17, 15) is 14.4 Å². The van der Waals surface area contributed by atoms with Gasteiger partial charge in [-0.05, 0) is 61.4 Å². The number of likely N-dealkylation sites (tertiary alicyclic amines) is 1. The molecular formula is C27H27N3O4. The number of amides is 3. The summed E-state index contributed by atoms with van der Waals surface area (Å²) in [6.45, 7) is 0.905. The van der Waals surface area contributed by atoms with Crippen molar-refractivity contribution in [3.8, 4) is 11.5 Å². The molecule has 0 spiro atoms. The van der Waals surface area contributed by atoms with Crippen LogP contribution in [0.15, 0.2) is 84.9 Å². The topological polar surface area (TPSA) is 87.7 Å². The Morgan fingerprint density at radius 2 is 1.38 bits per heavy atom. The van der Waals surface area contributed by atoms with Gasteiger partial charge in [0.2, 0.25) is 11.8 Å². The molecule has 0 saturated carbocycles. The maximum atomic E-state index is 12.5. The van der Waals surface area contributed by atoms with Crippen molar-refractivity contribution in [1.82, 2.24) is 10.2 Å². The molecule has 0 bridgehead atoms. The number of hydrogen-bond donors (Lipinski definition) is 2. The number of carbonyl (C=O) groups is 3. The van der Waals surface area contributed by atoms with Crippen LogP contribution in [0.2, 0.25) is 0 Å². The summed E-state index contributed by atoms with van der Waals surface area (Å²) in [5.41, 5.74) is 1.22. The molecule has 1 saturated heterocycles. The highest BCUT2D eigenvalue weighted by Crippen LogP contribution is 2.22. The summed E-state index contributed by atoms with van der Waals surface area (Å²) in [5.74, 6) is 0.711. The Bertz CT molecular complexity index is 1110. The third-order valence-corrected chi connectivity index (χ3v) is 5.76.